The van der Waals surface area contributed by atoms with Crippen LogP contribution in [0.25, 0.3) is 10.8 Å². The molecule has 106 valence electrons. The van der Waals surface area contributed by atoms with E-state index >= 15 is 0 Å². The van der Waals surface area contributed by atoms with Crippen LogP contribution in [0.4, 0.5) is 5.69 Å². The van der Waals surface area contributed by atoms with Crippen LogP contribution in [0, 0.1) is 0 Å². The molecule has 0 bridgehead atoms. The highest BCUT2D eigenvalue weighted by atomic mass is 79.9. The fraction of sp³-hybridized carbons (Fsp3) is 0.118. The molecule has 1 heterocycles. The average Bonchev–Trinajstić information content (AvgIpc) is 2.53. The lowest BCUT2D eigenvalue weighted by Gasteiger charge is -2.11. The molecule has 0 saturated carbocycles. The van der Waals surface area contributed by atoms with Gasteiger partial charge in [0.2, 0.25) is 0 Å². The van der Waals surface area contributed by atoms with E-state index in [0.29, 0.717) is 0 Å². The van der Waals surface area contributed by atoms with Crippen molar-refractivity contribution in [3.8, 4) is 5.75 Å². The van der Waals surface area contributed by atoms with Crippen molar-refractivity contribution in [3.05, 3.63) is 64.9 Å². The number of hydrogen-bond donors (Lipinski definition) is 1. The van der Waals surface area contributed by atoms with Gasteiger partial charge in [-0.3, -0.25) is 4.98 Å². The van der Waals surface area contributed by atoms with Crippen molar-refractivity contribution in [2.24, 2.45) is 0 Å². The first-order valence-corrected chi connectivity index (χ1v) is 7.46. The van der Waals surface area contributed by atoms with Crippen LogP contribution in [0.15, 0.2) is 59.3 Å². The molecule has 0 atom stereocenters. The van der Waals surface area contributed by atoms with Gasteiger partial charge in [-0.1, -0.05) is 18.2 Å². The van der Waals surface area contributed by atoms with Crippen LogP contribution >= 0.6 is 15.9 Å². The van der Waals surface area contributed by atoms with E-state index in [-0.39, 0.29) is 0 Å². The molecule has 0 aliphatic heterocycles. The second kappa shape index (κ2) is 6.14. The van der Waals surface area contributed by atoms with E-state index in [4.69, 9.17) is 4.74 Å². The Labute approximate surface area is 132 Å². The van der Waals surface area contributed by atoms with E-state index < -0.39 is 0 Å². The SMILES string of the molecule is COc1ccc(CNc2cccc3cnccc23)cc1Br. The first-order chi connectivity index (χ1) is 10.3. The third kappa shape index (κ3) is 3.00. The van der Waals surface area contributed by atoms with Gasteiger partial charge >= 0.3 is 0 Å². The van der Waals surface area contributed by atoms with Crippen molar-refractivity contribution in [3.63, 3.8) is 0 Å². The van der Waals surface area contributed by atoms with E-state index in [0.717, 1.165) is 27.8 Å². The molecule has 0 fully saturated rings. The monoisotopic (exact) mass is 342 g/mol. The molecule has 0 amide bonds. The average molecular weight is 343 g/mol. The van der Waals surface area contributed by atoms with Crippen molar-refractivity contribution in [1.82, 2.24) is 4.98 Å². The first kappa shape index (κ1) is 13.9. The number of ether oxygens (including phenoxy) is 1. The van der Waals surface area contributed by atoms with Gasteiger partial charge in [-0.05, 0) is 45.8 Å². The molecule has 0 aliphatic carbocycles. The third-order valence-corrected chi connectivity index (χ3v) is 4.00. The predicted octanol–water partition coefficient (Wildman–Crippen LogP) is 4.62. The van der Waals surface area contributed by atoms with Gasteiger partial charge in [0.05, 0.1) is 11.6 Å². The van der Waals surface area contributed by atoms with Crippen molar-refractivity contribution in [1.29, 1.82) is 0 Å². The zero-order valence-corrected chi connectivity index (χ0v) is 13.2. The lowest BCUT2D eigenvalue weighted by atomic mass is 10.1. The fourth-order valence-corrected chi connectivity index (χ4v) is 2.88. The Morgan fingerprint density at radius 2 is 2.10 bits per heavy atom. The molecule has 0 radical (unpaired) electrons. The predicted molar refractivity (Wildman–Crippen MR) is 89.8 cm³/mol. The van der Waals surface area contributed by atoms with Gasteiger partial charge in [0.25, 0.3) is 0 Å². The van der Waals surface area contributed by atoms with Crippen LogP contribution in [0.1, 0.15) is 5.56 Å². The quantitative estimate of drug-likeness (QED) is 0.751. The first-order valence-electron chi connectivity index (χ1n) is 6.67. The topological polar surface area (TPSA) is 34.1 Å². The maximum Gasteiger partial charge on any atom is 0.133 e. The number of nitrogens with one attached hydrogen (secondary N) is 1. The number of fused-ring (bicyclic) bond motifs is 1. The van der Waals surface area contributed by atoms with Crippen LogP contribution in [0.2, 0.25) is 0 Å². The number of halogens is 1. The molecule has 0 saturated heterocycles. The molecule has 1 aromatic heterocycles. The molecule has 0 unspecified atom stereocenters. The maximum atomic E-state index is 5.25. The van der Waals surface area contributed by atoms with Crippen molar-refractivity contribution in [2.75, 3.05) is 12.4 Å². The smallest absolute Gasteiger partial charge is 0.133 e. The summed E-state index contributed by atoms with van der Waals surface area (Å²) in [5.74, 6) is 0.843. The summed E-state index contributed by atoms with van der Waals surface area (Å²) in [6.45, 7) is 0.754. The Bertz CT molecular complexity index is 768. The number of aromatic nitrogens is 1. The van der Waals surface area contributed by atoms with Gasteiger partial charge in [-0.15, -0.1) is 0 Å². The number of nitrogens with zero attached hydrogens (tertiary/aromatic N) is 1. The molecule has 2 aromatic carbocycles. The molecule has 1 N–H and O–H groups in total. The van der Waals surface area contributed by atoms with E-state index in [2.05, 4.69) is 50.5 Å². The molecule has 0 spiro atoms. The number of hydrogen-bond acceptors (Lipinski definition) is 3. The van der Waals surface area contributed by atoms with Crippen LogP contribution < -0.4 is 10.1 Å². The molecular formula is C17H15BrN2O. The highest BCUT2D eigenvalue weighted by molar-refractivity contribution is 9.10. The number of methoxy groups -OCH3 is 1. The zero-order chi connectivity index (χ0) is 14.7. The van der Waals surface area contributed by atoms with Gasteiger partial charge in [0.15, 0.2) is 0 Å². The largest absolute Gasteiger partial charge is 0.496 e. The number of benzene rings is 2. The fourth-order valence-electron chi connectivity index (χ4n) is 2.29. The minimum absolute atomic E-state index is 0.754. The minimum atomic E-state index is 0.754. The summed E-state index contributed by atoms with van der Waals surface area (Å²) >= 11 is 3.51. The normalized spacial score (nSPS) is 10.6. The minimum Gasteiger partial charge on any atom is -0.496 e. The van der Waals surface area contributed by atoms with E-state index in [1.165, 1.54) is 10.9 Å². The summed E-state index contributed by atoms with van der Waals surface area (Å²) in [7, 11) is 1.67. The zero-order valence-electron chi connectivity index (χ0n) is 11.6. The second-order valence-electron chi connectivity index (χ2n) is 4.72. The lowest BCUT2D eigenvalue weighted by molar-refractivity contribution is 0.412. The molecular weight excluding hydrogens is 328 g/mol. The molecule has 0 aliphatic rings. The number of anilines is 1. The van der Waals surface area contributed by atoms with E-state index in [1.807, 2.05) is 30.6 Å². The molecule has 3 rings (SSSR count). The van der Waals surface area contributed by atoms with Crippen molar-refractivity contribution >= 4 is 32.4 Å². The van der Waals surface area contributed by atoms with Gasteiger partial charge in [-0.2, -0.15) is 0 Å². The summed E-state index contributed by atoms with van der Waals surface area (Å²) in [6, 6.07) is 14.3. The van der Waals surface area contributed by atoms with Crippen molar-refractivity contribution in [2.45, 2.75) is 6.54 Å². The Balaban J connectivity index is 1.82. The third-order valence-electron chi connectivity index (χ3n) is 3.38. The standard InChI is InChI=1S/C17H15BrN2O/c1-21-17-6-5-12(9-15(17)18)10-20-16-4-2-3-13-11-19-8-7-14(13)16/h2-9,11,20H,10H2,1H3. The number of rotatable bonds is 4. The Morgan fingerprint density at radius 3 is 2.90 bits per heavy atom. The van der Waals surface area contributed by atoms with E-state index in [9.17, 15) is 0 Å². The molecule has 3 aromatic rings. The molecule has 4 heteroatoms. The molecule has 3 nitrogen and oxygen atoms in total. The van der Waals surface area contributed by atoms with Crippen LogP contribution in [-0.4, -0.2) is 12.1 Å². The van der Waals surface area contributed by atoms with Gasteiger partial charge in [0, 0.05) is 35.4 Å². The summed E-state index contributed by atoms with van der Waals surface area (Å²) in [5.41, 5.74) is 2.30. The lowest BCUT2D eigenvalue weighted by Crippen LogP contribution is -2.00. The Kier molecular flexibility index (Phi) is 4.06. The highest BCUT2D eigenvalue weighted by Crippen LogP contribution is 2.27. The van der Waals surface area contributed by atoms with Crippen LogP contribution in [0.3, 0.4) is 0 Å². The van der Waals surface area contributed by atoms with E-state index in [1.54, 1.807) is 7.11 Å². The van der Waals surface area contributed by atoms with Crippen molar-refractivity contribution < 1.29 is 4.74 Å². The maximum absolute atomic E-state index is 5.25. The number of pyridine rings is 1. The Hall–Kier alpha value is -2.07. The van der Waals surface area contributed by atoms with Gasteiger partial charge < -0.3 is 10.1 Å². The summed E-state index contributed by atoms with van der Waals surface area (Å²) in [6.07, 6.45) is 3.70. The summed E-state index contributed by atoms with van der Waals surface area (Å²) in [5, 5.41) is 5.80. The van der Waals surface area contributed by atoms with Gasteiger partial charge in [0.1, 0.15) is 5.75 Å². The summed E-state index contributed by atoms with van der Waals surface area (Å²) < 4.78 is 6.21. The Morgan fingerprint density at radius 1 is 1.19 bits per heavy atom. The van der Waals surface area contributed by atoms with Crippen LogP contribution in [-0.2, 0) is 6.54 Å². The highest BCUT2D eigenvalue weighted by Gasteiger charge is 2.03. The van der Waals surface area contributed by atoms with Gasteiger partial charge in [-0.25, -0.2) is 0 Å². The second-order valence-corrected chi connectivity index (χ2v) is 5.58. The van der Waals surface area contributed by atoms with Crippen LogP contribution in [0.5, 0.6) is 5.75 Å². The molecule has 21 heavy (non-hydrogen) atoms. The summed E-state index contributed by atoms with van der Waals surface area (Å²) in [4.78, 5) is 4.16.